The minimum atomic E-state index is -5.38. The summed E-state index contributed by atoms with van der Waals surface area (Å²) in [6, 6.07) is 11.5. The van der Waals surface area contributed by atoms with Gasteiger partial charge in [-0.1, -0.05) is 30.3 Å². The molecule has 21 heavy (non-hydrogen) atoms. The van der Waals surface area contributed by atoms with Gasteiger partial charge in [-0.25, -0.2) is 8.42 Å². The average Bonchev–Trinajstić information content (AvgIpc) is 2.43. The number of benzene rings is 1. The molecule has 0 amide bonds. The summed E-state index contributed by atoms with van der Waals surface area (Å²) in [7, 11) is -5.35. The van der Waals surface area contributed by atoms with Crippen molar-refractivity contribution >= 4 is 9.84 Å². The molecule has 8 heteroatoms. The number of hydrogen-bond donors (Lipinski definition) is 0. The van der Waals surface area contributed by atoms with E-state index in [1.165, 1.54) is 0 Å². The van der Waals surface area contributed by atoms with E-state index in [1.807, 2.05) is 0 Å². The zero-order chi connectivity index (χ0) is 16.1. The predicted octanol–water partition coefficient (Wildman–Crippen LogP) is 2.59. The quantitative estimate of drug-likeness (QED) is 0.836. The lowest BCUT2D eigenvalue weighted by Crippen LogP contribution is -2.30. The number of sulfone groups is 1. The maximum Gasteiger partial charge on any atom is 0.497 e. The zero-order valence-corrected chi connectivity index (χ0v) is 11.6. The monoisotopic (exact) mass is 316 g/mol. The molecule has 0 heterocycles. The summed E-state index contributed by atoms with van der Waals surface area (Å²) in [5.74, 6) is -1.29. The SMILES string of the molecule is N#CC(C#N)(CCS(=O)(=O)C(F)(F)F)Cc1ccccc1. The van der Waals surface area contributed by atoms with Crippen LogP contribution in [0.1, 0.15) is 12.0 Å². The first kappa shape index (κ1) is 17.0. The average molecular weight is 316 g/mol. The maximum atomic E-state index is 12.3. The second-order valence-electron chi connectivity index (χ2n) is 4.48. The summed E-state index contributed by atoms with van der Waals surface area (Å²) in [5.41, 5.74) is -6.61. The molecule has 1 rings (SSSR count). The Labute approximate surface area is 120 Å². The van der Waals surface area contributed by atoms with Crippen LogP contribution >= 0.6 is 0 Å². The molecule has 112 valence electrons. The van der Waals surface area contributed by atoms with E-state index in [9.17, 15) is 21.6 Å². The molecule has 0 fully saturated rings. The highest BCUT2D eigenvalue weighted by Gasteiger charge is 2.46. The van der Waals surface area contributed by atoms with Crippen LogP contribution in [0.5, 0.6) is 0 Å². The van der Waals surface area contributed by atoms with Gasteiger partial charge in [0.25, 0.3) is 0 Å². The molecule has 0 saturated carbocycles. The third kappa shape index (κ3) is 4.20. The molecular formula is C13H11F3N2O2S. The largest absolute Gasteiger partial charge is 0.497 e. The van der Waals surface area contributed by atoms with Crippen LogP contribution in [0.15, 0.2) is 30.3 Å². The van der Waals surface area contributed by atoms with Gasteiger partial charge in [0.15, 0.2) is 0 Å². The fourth-order valence-electron chi connectivity index (χ4n) is 1.67. The van der Waals surface area contributed by atoms with Gasteiger partial charge in [0.05, 0.1) is 17.9 Å². The van der Waals surface area contributed by atoms with Gasteiger partial charge < -0.3 is 0 Å². The van der Waals surface area contributed by atoms with E-state index in [1.54, 1.807) is 42.5 Å². The summed E-state index contributed by atoms with van der Waals surface area (Å²) in [6.45, 7) is 0. The Bertz CT molecular complexity index is 656. The van der Waals surface area contributed by atoms with E-state index in [0.717, 1.165) is 0 Å². The van der Waals surface area contributed by atoms with E-state index >= 15 is 0 Å². The van der Waals surface area contributed by atoms with E-state index in [4.69, 9.17) is 10.5 Å². The number of rotatable bonds is 5. The number of halogens is 3. The standard InChI is InChI=1S/C13H11F3N2O2S/c14-13(15,16)21(19,20)7-6-12(9-17,10-18)8-11-4-2-1-3-5-11/h1-5H,6-8H2. The molecule has 0 spiro atoms. The molecule has 0 atom stereocenters. The molecule has 0 aliphatic carbocycles. The molecule has 1 aromatic rings. The molecule has 0 aliphatic rings. The zero-order valence-electron chi connectivity index (χ0n) is 10.8. The fourth-order valence-corrected chi connectivity index (χ4v) is 2.52. The van der Waals surface area contributed by atoms with Crippen LogP contribution in [0, 0.1) is 28.1 Å². The lowest BCUT2D eigenvalue weighted by Gasteiger charge is -2.19. The van der Waals surface area contributed by atoms with Crippen LogP contribution in [-0.4, -0.2) is 19.7 Å². The van der Waals surface area contributed by atoms with E-state index in [2.05, 4.69) is 0 Å². The van der Waals surface area contributed by atoms with Gasteiger partial charge in [-0.15, -0.1) is 0 Å². The van der Waals surface area contributed by atoms with Crippen molar-refractivity contribution in [2.75, 3.05) is 5.75 Å². The van der Waals surface area contributed by atoms with Gasteiger partial charge in [-0.2, -0.15) is 23.7 Å². The minimum absolute atomic E-state index is 0.131. The van der Waals surface area contributed by atoms with Crippen LogP contribution in [0.4, 0.5) is 13.2 Å². The first-order valence-electron chi connectivity index (χ1n) is 5.81. The molecule has 0 unspecified atom stereocenters. The molecule has 1 aromatic carbocycles. The summed E-state index contributed by atoms with van der Waals surface area (Å²) in [5, 5.41) is 18.2. The number of hydrogen-bond acceptors (Lipinski definition) is 4. The summed E-state index contributed by atoms with van der Waals surface area (Å²) >= 11 is 0. The minimum Gasteiger partial charge on any atom is -0.220 e. The van der Waals surface area contributed by atoms with Crippen molar-refractivity contribution in [1.29, 1.82) is 10.5 Å². The molecule has 4 nitrogen and oxygen atoms in total. The summed E-state index contributed by atoms with van der Waals surface area (Å²) in [6.07, 6.45) is -0.828. The van der Waals surface area contributed by atoms with Gasteiger partial charge in [-0.3, -0.25) is 0 Å². The highest BCUT2D eigenvalue weighted by Crippen LogP contribution is 2.31. The second kappa shape index (κ2) is 6.15. The van der Waals surface area contributed by atoms with Crippen LogP contribution < -0.4 is 0 Å². The molecule has 0 radical (unpaired) electrons. The van der Waals surface area contributed by atoms with Crippen LogP contribution in [0.2, 0.25) is 0 Å². The van der Waals surface area contributed by atoms with Gasteiger partial charge in [0, 0.05) is 6.42 Å². The molecule has 0 saturated heterocycles. The first-order valence-corrected chi connectivity index (χ1v) is 7.46. The molecule has 0 N–H and O–H groups in total. The fraction of sp³-hybridized carbons (Fsp3) is 0.385. The van der Waals surface area contributed by atoms with Gasteiger partial charge in [0.2, 0.25) is 9.84 Å². The van der Waals surface area contributed by atoms with Crippen molar-refractivity contribution < 1.29 is 21.6 Å². The Morgan fingerprint density at radius 1 is 1.05 bits per heavy atom. The van der Waals surface area contributed by atoms with Crippen molar-refractivity contribution in [1.82, 2.24) is 0 Å². The van der Waals surface area contributed by atoms with Gasteiger partial charge in [0.1, 0.15) is 5.41 Å². The third-order valence-corrected chi connectivity index (χ3v) is 4.37. The first-order chi connectivity index (χ1) is 9.66. The van der Waals surface area contributed by atoms with Crippen LogP contribution in [0.25, 0.3) is 0 Å². The summed E-state index contributed by atoms with van der Waals surface area (Å²) in [4.78, 5) is 0. The van der Waals surface area contributed by atoms with E-state index < -0.39 is 32.9 Å². The summed E-state index contributed by atoms with van der Waals surface area (Å²) < 4.78 is 58.9. The Kier molecular flexibility index (Phi) is 4.97. The van der Waals surface area contributed by atoms with Gasteiger partial charge in [-0.05, 0) is 12.0 Å². The Hall–Kier alpha value is -2.06. The van der Waals surface area contributed by atoms with Crippen molar-refractivity contribution in [3.63, 3.8) is 0 Å². The highest BCUT2D eigenvalue weighted by atomic mass is 32.2. The van der Waals surface area contributed by atoms with Crippen molar-refractivity contribution in [2.24, 2.45) is 5.41 Å². The van der Waals surface area contributed by atoms with Crippen LogP contribution in [-0.2, 0) is 16.3 Å². The van der Waals surface area contributed by atoms with Crippen molar-refractivity contribution in [3.05, 3.63) is 35.9 Å². The van der Waals surface area contributed by atoms with Crippen molar-refractivity contribution in [2.45, 2.75) is 18.3 Å². The molecule has 0 aromatic heterocycles. The van der Waals surface area contributed by atoms with Crippen molar-refractivity contribution in [3.8, 4) is 12.1 Å². The van der Waals surface area contributed by atoms with E-state index in [-0.39, 0.29) is 6.42 Å². The smallest absolute Gasteiger partial charge is 0.220 e. The Morgan fingerprint density at radius 2 is 1.57 bits per heavy atom. The lowest BCUT2D eigenvalue weighted by atomic mass is 9.82. The topological polar surface area (TPSA) is 81.7 Å². The molecular weight excluding hydrogens is 305 g/mol. The number of alkyl halides is 3. The highest BCUT2D eigenvalue weighted by molar-refractivity contribution is 7.92. The lowest BCUT2D eigenvalue weighted by molar-refractivity contribution is -0.0436. The maximum absolute atomic E-state index is 12.3. The second-order valence-corrected chi connectivity index (χ2v) is 6.58. The van der Waals surface area contributed by atoms with Gasteiger partial charge >= 0.3 is 5.51 Å². The Morgan fingerprint density at radius 3 is 2.00 bits per heavy atom. The molecule has 0 bridgehead atoms. The number of nitrogens with zero attached hydrogens (tertiary/aromatic N) is 2. The Balaban J connectivity index is 2.94. The predicted molar refractivity (Wildman–Crippen MR) is 68.3 cm³/mol. The molecule has 0 aliphatic heterocycles. The van der Waals surface area contributed by atoms with Crippen LogP contribution in [0.3, 0.4) is 0 Å². The van der Waals surface area contributed by atoms with E-state index in [0.29, 0.717) is 5.56 Å². The normalized spacial score (nSPS) is 12.4. The third-order valence-electron chi connectivity index (χ3n) is 2.93. The number of nitriles is 2.